The third-order valence-corrected chi connectivity index (χ3v) is 6.64. The lowest BCUT2D eigenvalue weighted by atomic mass is 9.81. The van der Waals surface area contributed by atoms with Crippen LogP contribution in [0.3, 0.4) is 0 Å². The Labute approximate surface area is 215 Å². The molecule has 1 unspecified atom stereocenters. The molecule has 0 saturated heterocycles. The third-order valence-electron chi connectivity index (χ3n) is 6.14. The number of carboxylic acids is 1. The largest absolute Gasteiger partial charge is 0.482 e. The van der Waals surface area contributed by atoms with E-state index in [0.29, 0.717) is 21.7 Å². The normalized spacial score (nSPS) is 15.5. The summed E-state index contributed by atoms with van der Waals surface area (Å²) in [4.78, 5) is 16.9. The van der Waals surface area contributed by atoms with Crippen LogP contribution in [0.5, 0.6) is 5.75 Å². The molecule has 1 aliphatic rings. The van der Waals surface area contributed by atoms with E-state index in [1.54, 1.807) is 0 Å². The second-order valence-electron chi connectivity index (χ2n) is 8.80. The molecular formula is C28H27Cl2NO4. The van der Waals surface area contributed by atoms with Crippen molar-refractivity contribution in [3.8, 4) is 5.75 Å². The second kappa shape index (κ2) is 11.6. The molecule has 5 nitrogen and oxygen atoms in total. The van der Waals surface area contributed by atoms with Crippen molar-refractivity contribution >= 4 is 34.9 Å². The fourth-order valence-electron chi connectivity index (χ4n) is 4.48. The average molecular weight is 512 g/mol. The maximum atomic E-state index is 10.9. The highest BCUT2D eigenvalue weighted by atomic mass is 35.5. The van der Waals surface area contributed by atoms with Gasteiger partial charge in [0.05, 0.1) is 5.71 Å². The van der Waals surface area contributed by atoms with Gasteiger partial charge in [0.1, 0.15) is 5.75 Å². The Morgan fingerprint density at radius 1 is 1.03 bits per heavy atom. The number of carboxylic acid groups (broad SMARTS) is 1. The van der Waals surface area contributed by atoms with Crippen molar-refractivity contribution in [2.24, 2.45) is 11.1 Å². The van der Waals surface area contributed by atoms with Gasteiger partial charge in [-0.05, 0) is 91.1 Å². The molecule has 0 amide bonds. The summed E-state index contributed by atoms with van der Waals surface area (Å²) in [7, 11) is 0. The molecule has 0 spiro atoms. The molecule has 7 heteroatoms. The number of rotatable bonds is 9. The molecule has 0 saturated carbocycles. The Morgan fingerprint density at radius 2 is 1.66 bits per heavy atom. The number of carbonyl (C=O) groups is 1. The van der Waals surface area contributed by atoms with Crippen LogP contribution in [0.1, 0.15) is 48.1 Å². The van der Waals surface area contributed by atoms with Gasteiger partial charge in [-0.2, -0.15) is 0 Å². The van der Waals surface area contributed by atoms with Crippen LogP contribution < -0.4 is 4.74 Å². The average Bonchev–Trinajstić information content (AvgIpc) is 2.84. The van der Waals surface area contributed by atoms with Crippen molar-refractivity contribution in [2.75, 3.05) is 6.61 Å². The lowest BCUT2D eigenvalue weighted by Gasteiger charge is -2.26. The van der Waals surface area contributed by atoms with E-state index in [-0.39, 0.29) is 12.7 Å². The van der Waals surface area contributed by atoms with E-state index < -0.39 is 5.97 Å². The van der Waals surface area contributed by atoms with Gasteiger partial charge in [0, 0.05) is 10.0 Å². The van der Waals surface area contributed by atoms with Gasteiger partial charge in [0.15, 0.2) is 12.7 Å². The molecule has 0 bridgehead atoms. The quantitative estimate of drug-likeness (QED) is 0.245. The van der Waals surface area contributed by atoms with Crippen LogP contribution >= 0.6 is 23.2 Å². The number of aliphatic carboxylic acids is 1. The summed E-state index contributed by atoms with van der Waals surface area (Å²) in [5.41, 5.74) is 5.15. The topological polar surface area (TPSA) is 68.1 Å². The fraction of sp³-hybridized carbons (Fsp3) is 0.286. The van der Waals surface area contributed by atoms with E-state index in [4.69, 9.17) is 37.9 Å². The first-order valence-electron chi connectivity index (χ1n) is 11.5. The van der Waals surface area contributed by atoms with Crippen molar-refractivity contribution in [3.63, 3.8) is 0 Å². The number of oxime groups is 1. The molecule has 4 rings (SSSR count). The van der Waals surface area contributed by atoms with Gasteiger partial charge in [0.2, 0.25) is 0 Å². The van der Waals surface area contributed by atoms with E-state index >= 15 is 0 Å². The van der Waals surface area contributed by atoms with Gasteiger partial charge in [-0.25, -0.2) is 4.79 Å². The van der Waals surface area contributed by atoms with Crippen LogP contribution in [0.2, 0.25) is 10.0 Å². The Kier molecular flexibility index (Phi) is 8.32. The molecule has 182 valence electrons. The van der Waals surface area contributed by atoms with Crippen LogP contribution in [0, 0.1) is 5.92 Å². The minimum absolute atomic E-state index is 0.328. The van der Waals surface area contributed by atoms with Crippen LogP contribution in [-0.4, -0.2) is 23.4 Å². The number of halogens is 2. The summed E-state index contributed by atoms with van der Waals surface area (Å²) in [6, 6.07) is 21.0. The summed E-state index contributed by atoms with van der Waals surface area (Å²) in [6.45, 7) is 1.66. The zero-order valence-electron chi connectivity index (χ0n) is 19.4. The Morgan fingerprint density at radius 3 is 2.26 bits per heavy atom. The van der Waals surface area contributed by atoms with Gasteiger partial charge < -0.3 is 14.7 Å². The number of hydrogen-bond donors (Lipinski definition) is 1. The Bertz CT molecular complexity index is 1150. The number of fused-ring (bicyclic) bond motifs is 1. The van der Waals surface area contributed by atoms with Crippen LogP contribution in [0.25, 0.3) is 0 Å². The molecule has 1 N–H and O–H groups in total. The smallest absolute Gasteiger partial charge is 0.341 e. The first-order chi connectivity index (χ1) is 16.9. The maximum Gasteiger partial charge on any atom is 0.341 e. The summed E-state index contributed by atoms with van der Waals surface area (Å²) in [5.74, 6) is 0.124. The lowest BCUT2D eigenvalue weighted by molar-refractivity contribution is -0.139. The molecule has 0 aliphatic heterocycles. The minimum atomic E-state index is -0.973. The summed E-state index contributed by atoms with van der Waals surface area (Å²) >= 11 is 12.2. The van der Waals surface area contributed by atoms with Crippen molar-refractivity contribution in [2.45, 2.75) is 38.7 Å². The highest BCUT2D eigenvalue weighted by Crippen LogP contribution is 2.34. The Hall–Kier alpha value is -3.02. The van der Waals surface area contributed by atoms with E-state index in [1.165, 1.54) is 5.56 Å². The van der Waals surface area contributed by atoms with Crippen molar-refractivity contribution in [1.29, 1.82) is 0 Å². The Balaban J connectivity index is 1.44. The molecule has 35 heavy (non-hydrogen) atoms. The number of hydrogen-bond acceptors (Lipinski definition) is 4. The molecule has 0 aromatic heterocycles. The van der Waals surface area contributed by atoms with Crippen molar-refractivity contribution in [1.82, 2.24) is 0 Å². The summed E-state index contributed by atoms with van der Waals surface area (Å²) < 4.78 is 5.49. The zero-order chi connectivity index (χ0) is 24.8. The van der Waals surface area contributed by atoms with Gasteiger partial charge in [-0.15, -0.1) is 0 Å². The molecule has 0 radical (unpaired) electrons. The summed E-state index contributed by atoms with van der Waals surface area (Å²) in [6.07, 6.45) is 3.16. The predicted molar refractivity (Wildman–Crippen MR) is 139 cm³/mol. The van der Waals surface area contributed by atoms with E-state index in [2.05, 4.69) is 11.2 Å². The van der Waals surface area contributed by atoms with E-state index in [1.807, 2.05) is 67.6 Å². The summed E-state index contributed by atoms with van der Waals surface area (Å²) in [5, 5.41) is 14.7. The molecule has 3 aromatic rings. The van der Waals surface area contributed by atoms with Gasteiger partial charge in [0.25, 0.3) is 0 Å². The first kappa shape index (κ1) is 25.1. The van der Waals surface area contributed by atoms with E-state index in [0.717, 1.165) is 48.1 Å². The van der Waals surface area contributed by atoms with Crippen LogP contribution in [0.4, 0.5) is 0 Å². The molecule has 0 heterocycles. The molecule has 3 aromatic carbocycles. The maximum absolute atomic E-state index is 10.9. The van der Waals surface area contributed by atoms with Gasteiger partial charge in [-0.3, -0.25) is 0 Å². The monoisotopic (exact) mass is 511 g/mol. The minimum Gasteiger partial charge on any atom is -0.482 e. The molecule has 0 fully saturated rings. The molecule has 1 aliphatic carbocycles. The van der Waals surface area contributed by atoms with Gasteiger partial charge in [-0.1, -0.05) is 64.8 Å². The molecule has 1 atom stereocenters. The first-order valence-corrected chi connectivity index (χ1v) is 12.3. The highest BCUT2D eigenvalue weighted by molar-refractivity contribution is 6.30. The molecular weight excluding hydrogens is 485 g/mol. The fourth-order valence-corrected chi connectivity index (χ4v) is 4.74. The highest BCUT2D eigenvalue weighted by Gasteiger charge is 2.23. The van der Waals surface area contributed by atoms with Gasteiger partial charge >= 0.3 is 5.97 Å². The number of ether oxygens (including phenoxy) is 1. The SMILES string of the molecule is C/C(CC1CCc2c(cccc2OCC(=O)O)C1)=N/OC(c1ccc(Cl)cc1)c1ccc(Cl)cc1. The van der Waals surface area contributed by atoms with Crippen molar-refractivity contribution in [3.05, 3.63) is 99.0 Å². The van der Waals surface area contributed by atoms with Crippen LogP contribution in [0.15, 0.2) is 71.9 Å². The third kappa shape index (κ3) is 6.77. The number of nitrogens with zero attached hydrogens (tertiary/aromatic N) is 1. The second-order valence-corrected chi connectivity index (χ2v) is 9.68. The predicted octanol–water partition coefficient (Wildman–Crippen LogP) is 7.13. The van der Waals surface area contributed by atoms with E-state index in [9.17, 15) is 4.79 Å². The van der Waals surface area contributed by atoms with Crippen LogP contribution in [-0.2, 0) is 22.5 Å². The number of benzene rings is 3. The zero-order valence-corrected chi connectivity index (χ0v) is 20.9. The van der Waals surface area contributed by atoms with Crippen molar-refractivity contribution < 1.29 is 19.5 Å². The lowest BCUT2D eigenvalue weighted by Crippen LogP contribution is -2.19. The standard InChI is InChI=1S/C28H27Cl2NO4/c1-18(15-19-5-14-25-22(16-19)3-2-4-26(25)34-17-27(32)33)31-35-28(20-6-10-23(29)11-7-20)21-8-12-24(30)13-9-21/h2-4,6-13,19,28H,5,14-17H2,1H3,(H,32,33)/b31-18-.